The molecule has 5 aromatic rings. The number of aliphatic carboxylic acids is 1. The number of aromatic nitrogens is 4. The van der Waals surface area contributed by atoms with Crippen LogP contribution in [0.5, 0.6) is 5.75 Å². The molecule has 1 aromatic carbocycles. The van der Waals surface area contributed by atoms with Gasteiger partial charge in [0.15, 0.2) is 6.61 Å². The molecule has 2 aliphatic heterocycles. The van der Waals surface area contributed by atoms with E-state index >= 15 is 0 Å². The number of benzene rings is 1. The molecular weight excluding hydrogens is 1120 g/mol. The van der Waals surface area contributed by atoms with E-state index in [4.69, 9.17) is 14.6 Å². The van der Waals surface area contributed by atoms with Gasteiger partial charge in [0.05, 0.1) is 22.7 Å². The van der Waals surface area contributed by atoms with Crippen LogP contribution in [0, 0.1) is 0 Å². The first-order chi connectivity index (χ1) is 41.1. The van der Waals surface area contributed by atoms with Gasteiger partial charge in [-0.05, 0) is 74.6 Å². The van der Waals surface area contributed by atoms with Gasteiger partial charge >= 0.3 is 12.1 Å². The second kappa shape index (κ2) is 33.9. The summed E-state index contributed by atoms with van der Waals surface area (Å²) in [4.78, 5) is 82.8. The smallest absolute Gasteiger partial charge is 0.484 e. The maximum absolute atomic E-state index is 13.7. The van der Waals surface area contributed by atoms with Crippen molar-refractivity contribution < 1.29 is 51.8 Å². The third-order valence-corrected chi connectivity index (χ3v) is 13.9. The summed E-state index contributed by atoms with van der Waals surface area (Å²) >= 11 is 0. The molecule has 0 spiro atoms. The molecule has 29 heteroatoms. The molecule has 2 saturated heterocycles. The van der Waals surface area contributed by atoms with Crippen LogP contribution in [0.4, 0.5) is 35.9 Å². The molecule has 12 N–H and O–H groups in total. The molecule has 5 amide bonds. The lowest BCUT2D eigenvalue weighted by molar-refractivity contribution is -0.192. The van der Waals surface area contributed by atoms with Crippen molar-refractivity contribution in [3.63, 3.8) is 0 Å². The highest BCUT2D eigenvalue weighted by Gasteiger charge is 2.38. The van der Waals surface area contributed by atoms with E-state index in [0.29, 0.717) is 40.7 Å². The van der Waals surface area contributed by atoms with Crippen LogP contribution in [0.1, 0.15) is 59.5 Å². The van der Waals surface area contributed by atoms with Crippen LogP contribution in [0.2, 0.25) is 0 Å². The minimum absolute atomic E-state index is 0.238. The van der Waals surface area contributed by atoms with Crippen LogP contribution < -0.4 is 63.2 Å². The lowest BCUT2D eigenvalue weighted by Gasteiger charge is -2.26. The average molecular weight is 1210 g/mol. The monoisotopic (exact) mass is 1210 g/mol. The largest absolute Gasteiger partial charge is 0.490 e. The molecule has 26 nitrogen and oxygen atoms in total. The second-order valence-electron chi connectivity index (χ2n) is 21.4. The Balaban J connectivity index is 0.00000159. The quantitative estimate of drug-likeness (QED) is 0.0519. The van der Waals surface area contributed by atoms with Crippen LogP contribution in [0.25, 0.3) is 0 Å². The van der Waals surface area contributed by atoms with E-state index in [-0.39, 0.29) is 35.5 Å². The van der Waals surface area contributed by atoms with Crippen molar-refractivity contribution in [1.82, 2.24) is 70.2 Å². The van der Waals surface area contributed by atoms with E-state index in [1.807, 2.05) is 31.1 Å². The summed E-state index contributed by atoms with van der Waals surface area (Å²) in [6.45, 7) is 17.1. The van der Waals surface area contributed by atoms with Crippen molar-refractivity contribution in [2.24, 2.45) is 28.2 Å². The summed E-state index contributed by atoms with van der Waals surface area (Å²) in [6.07, 6.45) is 2.29. The Morgan fingerprint density at radius 2 is 0.837 bits per heavy atom. The number of rotatable bonds is 19. The summed E-state index contributed by atoms with van der Waals surface area (Å²) in [5.41, 5.74) is 5.06. The number of alkyl halides is 3. The van der Waals surface area contributed by atoms with E-state index in [9.17, 15) is 37.1 Å². The normalized spacial score (nSPS) is 15.6. The highest BCUT2D eigenvalue weighted by molar-refractivity contribution is 6.09. The summed E-state index contributed by atoms with van der Waals surface area (Å²) in [6, 6.07) is 12.6. The van der Waals surface area contributed by atoms with Gasteiger partial charge in [-0.3, -0.25) is 33.8 Å². The first-order valence-corrected chi connectivity index (χ1v) is 28.7. The second-order valence-corrected chi connectivity index (χ2v) is 21.4. The van der Waals surface area contributed by atoms with Gasteiger partial charge in [-0.25, -0.2) is 4.79 Å². The number of anilines is 4. The van der Waals surface area contributed by atoms with Crippen LogP contribution in [0.3, 0.4) is 0 Å². The Labute approximate surface area is 499 Å². The number of ether oxygens (including phenoxy) is 1. The van der Waals surface area contributed by atoms with Crippen molar-refractivity contribution in [2.75, 3.05) is 160 Å². The predicted octanol–water partition coefficient (Wildman–Crippen LogP) is 1.30. The number of nitrogens with one attached hydrogen (secondary N) is 11. The first-order valence-electron chi connectivity index (χ1n) is 28.7. The summed E-state index contributed by atoms with van der Waals surface area (Å²) in [7, 11) is 10.8. The molecule has 0 saturated carbocycles. The Kier molecular flexibility index (Phi) is 26.6. The number of nitrogens with zero attached hydrogens (tertiary/aromatic N) is 7. The van der Waals surface area contributed by atoms with E-state index in [1.54, 1.807) is 95.5 Å². The number of carbonyl (C=O) groups is 6. The number of hydrogen-bond acceptors (Lipinski definition) is 16. The molecule has 0 atom stereocenters. The van der Waals surface area contributed by atoms with Crippen molar-refractivity contribution in [1.29, 1.82) is 0 Å². The number of hydrogen-bond donors (Lipinski definition) is 12. The molecule has 472 valence electrons. The third kappa shape index (κ3) is 22.7. The minimum Gasteiger partial charge on any atom is -0.484 e. The van der Waals surface area contributed by atoms with Crippen molar-refractivity contribution in [3.8, 4) is 5.75 Å². The minimum atomic E-state index is -5.08. The summed E-state index contributed by atoms with van der Waals surface area (Å²) in [5.74, 6) is -4.10. The van der Waals surface area contributed by atoms with Crippen LogP contribution in [0.15, 0.2) is 67.3 Å². The molecule has 0 bridgehead atoms. The van der Waals surface area contributed by atoms with Gasteiger partial charge in [0.2, 0.25) is 0 Å². The Hall–Kier alpha value is -7.61. The van der Waals surface area contributed by atoms with E-state index in [2.05, 4.69) is 74.4 Å². The SMILES string of the molecule is CN(C)CCCNC(=O)c1cc(NC(=O)c2cc(NC(=O)c3cc(NC(=O)c4cc(NC(=O)COc5cc(CN6CCNCCNCCNCC6)cc(CN6CCNCCNCCNCC6)c5)cn4C)cn3C)cn2C)cn1C.O=C(O)C(F)(F)F. The molecular formula is C57H85F3N18O8. The summed E-state index contributed by atoms with van der Waals surface area (Å²) < 4.78 is 44.4. The van der Waals surface area contributed by atoms with E-state index in [0.717, 1.165) is 142 Å². The van der Waals surface area contributed by atoms with Crippen molar-refractivity contribution in [2.45, 2.75) is 25.7 Å². The van der Waals surface area contributed by atoms with Gasteiger partial charge in [-0.1, -0.05) is 6.07 Å². The number of carboxylic acids is 1. The molecule has 0 unspecified atom stereocenters. The highest BCUT2D eigenvalue weighted by atomic mass is 19.4. The Bertz CT molecular complexity index is 2950. The lowest BCUT2D eigenvalue weighted by atomic mass is 10.1. The number of aryl methyl sites for hydroxylation is 4. The Morgan fingerprint density at radius 3 is 1.17 bits per heavy atom. The fraction of sp³-hybridized carbons (Fsp3) is 0.509. The van der Waals surface area contributed by atoms with Gasteiger partial charge in [-0.2, -0.15) is 13.2 Å². The number of carboxylic acid groups (broad SMARTS) is 1. The van der Waals surface area contributed by atoms with Gasteiger partial charge < -0.3 is 91.5 Å². The zero-order valence-electron chi connectivity index (χ0n) is 50.0. The van der Waals surface area contributed by atoms with Gasteiger partial charge in [-0.15, -0.1) is 0 Å². The topological polar surface area (TPSA) is 294 Å². The van der Waals surface area contributed by atoms with Gasteiger partial charge in [0.1, 0.15) is 28.5 Å². The number of amides is 5. The van der Waals surface area contributed by atoms with E-state index < -0.39 is 29.9 Å². The fourth-order valence-corrected chi connectivity index (χ4v) is 9.51. The first kappa shape index (κ1) is 67.5. The highest BCUT2D eigenvalue weighted by Crippen LogP contribution is 2.24. The van der Waals surface area contributed by atoms with Gasteiger partial charge in [0, 0.05) is 177 Å². The van der Waals surface area contributed by atoms with E-state index in [1.165, 1.54) is 0 Å². The third-order valence-electron chi connectivity index (χ3n) is 13.9. The molecule has 2 aliphatic rings. The summed E-state index contributed by atoms with van der Waals surface area (Å²) in [5, 5.41) is 42.6. The molecule has 0 radical (unpaired) electrons. The molecule has 4 aromatic heterocycles. The number of halogens is 3. The standard InChI is InChI=1S/C55H84N18O6.C2HF3O2/c1-67(2)21-7-8-62-52(75)47-30-43(36-68(47)3)64-54(77)49-32-45(38-70(49)5)66-55(78)50-31-44(37-71(50)6)65-53(76)48-29-42(35-69(48)4)63-51(74)39-79-46-27-40(33-72-22-17-58-13-9-56-10-14-59-18-23-72)26-41(28-46)34-73-24-19-60-15-11-57-12-16-61-20-25-73;3-2(4,5)1(6)7/h26-32,35-38,56-61H,7-25,33-34,39H2,1-6H3,(H,62,75)(H,63,74)(H,64,77)(H,65,76)(H,66,78);(H,6,7). The molecule has 0 aliphatic carbocycles. The predicted molar refractivity (Wildman–Crippen MR) is 323 cm³/mol. The molecule has 86 heavy (non-hydrogen) atoms. The maximum atomic E-state index is 13.7. The van der Waals surface area contributed by atoms with Crippen molar-refractivity contribution >= 4 is 58.3 Å². The van der Waals surface area contributed by atoms with Crippen molar-refractivity contribution in [3.05, 3.63) is 101 Å². The maximum Gasteiger partial charge on any atom is 0.490 e. The lowest BCUT2D eigenvalue weighted by Crippen LogP contribution is -2.41. The molecule has 7 rings (SSSR count). The van der Waals surface area contributed by atoms with Crippen LogP contribution in [-0.2, 0) is 50.9 Å². The van der Waals surface area contributed by atoms with Crippen LogP contribution >= 0.6 is 0 Å². The number of carbonyl (C=O) groups excluding carboxylic acids is 5. The van der Waals surface area contributed by atoms with Gasteiger partial charge in [0.25, 0.3) is 29.5 Å². The molecule has 2 fully saturated rings. The molecule has 6 heterocycles. The fourth-order valence-electron chi connectivity index (χ4n) is 9.51. The van der Waals surface area contributed by atoms with Crippen LogP contribution in [-0.4, -0.2) is 218 Å². The average Bonchev–Trinajstić information content (AvgIpc) is 4.42. The zero-order valence-corrected chi connectivity index (χ0v) is 50.0. The zero-order chi connectivity index (χ0) is 62.2. The Morgan fingerprint density at radius 1 is 0.512 bits per heavy atom.